The molecule has 2 aromatic carbocycles. The van der Waals surface area contributed by atoms with E-state index < -0.39 is 0 Å². The number of anilines is 4. The predicted octanol–water partition coefficient (Wildman–Crippen LogP) is 4.38. The fourth-order valence-corrected chi connectivity index (χ4v) is 3.48. The molecular formula is C22H23N5O. The maximum atomic E-state index is 12.7. The average Bonchev–Trinajstić information content (AvgIpc) is 3.23. The highest BCUT2D eigenvalue weighted by molar-refractivity contribution is 6.05. The van der Waals surface area contributed by atoms with Gasteiger partial charge in [-0.3, -0.25) is 4.79 Å². The summed E-state index contributed by atoms with van der Waals surface area (Å²) in [6, 6.07) is 15.1. The number of nitrogens with one attached hydrogen (secondary N) is 2. The second-order valence-electron chi connectivity index (χ2n) is 6.93. The van der Waals surface area contributed by atoms with Gasteiger partial charge < -0.3 is 15.5 Å². The first-order valence-corrected chi connectivity index (χ1v) is 9.50. The molecule has 0 spiro atoms. The van der Waals surface area contributed by atoms with Crippen LogP contribution in [0.1, 0.15) is 28.8 Å². The van der Waals surface area contributed by atoms with Crippen molar-refractivity contribution in [2.45, 2.75) is 19.8 Å². The van der Waals surface area contributed by atoms with Crippen molar-refractivity contribution in [1.29, 1.82) is 0 Å². The lowest BCUT2D eigenvalue weighted by Crippen LogP contribution is -2.19. The Morgan fingerprint density at radius 2 is 1.75 bits per heavy atom. The molecule has 6 heteroatoms. The predicted molar refractivity (Wildman–Crippen MR) is 112 cm³/mol. The zero-order valence-corrected chi connectivity index (χ0v) is 15.9. The summed E-state index contributed by atoms with van der Waals surface area (Å²) in [7, 11) is 0. The highest BCUT2D eigenvalue weighted by atomic mass is 16.1. The summed E-state index contributed by atoms with van der Waals surface area (Å²) in [5.41, 5.74) is 4.57. The van der Waals surface area contributed by atoms with E-state index in [0.717, 1.165) is 24.5 Å². The maximum Gasteiger partial charge on any atom is 0.255 e. The number of amides is 1. The summed E-state index contributed by atoms with van der Waals surface area (Å²) < 4.78 is 0. The van der Waals surface area contributed by atoms with E-state index in [9.17, 15) is 4.79 Å². The zero-order chi connectivity index (χ0) is 19.3. The lowest BCUT2D eigenvalue weighted by atomic mass is 10.1. The molecule has 0 atom stereocenters. The molecule has 2 N–H and O–H groups in total. The SMILES string of the molecule is Cc1cc(NC(=O)c2cccc(Nc3ncccn3)c2)ccc1N1CCCC1. The van der Waals surface area contributed by atoms with Crippen molar-refractivity contribution in [3.05, 3.63) is 72.1 Å². The zero-order valence-electron chi connectivity index (χ0n) is 15.9. The Balaban J connectivity index is 1.46. The molecule has 1 saturated heterocycles. The molecule has 2 heterocycles. The lowest BCUT2D eigenvalue weighted by molar-refractivity contribution is 0.102. The minimum atomic E-state index is -0.147. The fraction of sp³-hybridized carbons (Fsp3) is 0.227. The first-order valence-electron chi connectivity index (χ1n) is 9.50. The first kappa shape index (κ1) is 18.0. The van der Waals surface area contributed by atoms with E-state index in [2.05, 4.69) is 38.5 Å². The van der Waals surface area contributed by atoms with Crippen LogP contribution >= 0.6 is 0 Å². The van der Waals surface area contributed by atoms with E-state index in [-0.39, 0.29) is 5.91 Å². The van der Waals surface area contributed by atoms with E-state index in [1.54, 1.807) is 30.6 Å². The third kappa shape index (κ3) is 4.11. The van der Waals surface area contributed by atoms with Gasteiger partial charge in [-0.15, -0.1) is 0 Å². The van der Waals surface area contributed by atoms with Crippen LogP contribution in [0.4, 0.5) is 23.0 Å². The number of nitrogens with zero attached hydrogens (tertiary/aromatic N) is 3. The summed E-state index contributed by atoms with van der Waals surface area (Å²) >= 11 is 0. The quantitative estimate of drug-likeness (QED) is 0.694. The Morgan fingerprint density at radius 3 is 2.50 bits per heavy atom. The molecule has 0 bridgehead atoms. The molecule has 1 aliphatic rings. The van der Waals surface area contributed by atoms with Gasteiger partial charge in [0, 0.05) is 48.1 Å². The smallest absolute Gasteiger partial charge is 0.255 e. The molecule has 3 aromatic rings. The number of benzene rings is 2. The van der Waals surface area contributed by atoms with Gasteiger partial charge in [0.15, 0.2) is 0 Å². The highest BCUT2D eigenvalue weighted by Crippen LogP contribution is 2.27. The van der Waals surface area contributed by atoms with E-state index >= 15 is 0 Å². The number of aromatic nitrogens is 2. The molecule has 1 amide bonds. The summed E-state index contributed by atoms with van der Waals surface area (Å²) in [5.74, 6) is 0.346. The monoisotopic (exact) mass is 373 g/mol. The lowest BCUT2D eigenvalue weighted by Gasteiger charge is -2.20. The van der Waals surface area contributed by atoms with Crippen LogP contribution in [0.25, 0.3) is 0 Å². The fourth-order valence-electron chi connectivity index (χ4n) is 3.48. The Kier molecular flexibility index (Phi) is 5.19. The van der Waals surface area contributed by atoms with Gasteiger partial charge in [-0.05, 0) is 67.8 Å². The molecule has 1 aliphatic heterocycles. The molecule has 0 saturated carbocycles. The van der Waals surface area contributed by atoms with Gasteiger partial charge in [-0.2, -0.15) is 0 Å². The summed E-state index contributed by atoms with van der Waals surface area (Å²) in [6.07, 6.45) is 5.83. The van der Waals surface area contributed by atoms with Gasteiger partial charge in [0.05, 0.1) is 0 Å². The second kappa shape index (κ2) is 8.08. The molecule has 0 unspecified atom stereocenters. The van der Waals surface area contributed by atoms with Crippen molar-refractivity contribution in [2.24, 2.45) is 0 Å². The number of aryl methyl sites for hydroxylation is 1. The van der Waals surface area contributed by atoms with Crippen molar-refractivity contribution in [3.8, 4) is 0 Å². The van der Waals surface area contributed by atoms with E-state index in [4.69, 9.17) is 0 Å². The first-order chi connectivity index (χ1) is 13.7. The van der Waals surface area contributed by atoms with E-state index in [1.165, 1.54) is 24.1 Å². The molecule has 0 radical (unpaired) electrons. The molecule has 0 aliphatic carbocycles. The Hall–Kier alpha value is -3.41. The number of carbonyl (C=O) groups excluding carboxylic acids is 1. The third-order valence-electron chi connectivity index (χ3n) is 4.85. The molecule has 28 heavy (non-hydrogen) atoms. The van der Waals surface area contributed by atoms with Gasteiger partial charge in [-0.1, -0.05) is 6.07 Å². The van der Waals surface area contributed by atoms with Crippen LogP contribution in [0.3, 0.4) is 0 Å². The normalized spacial score (nSPS) is 13.4. The van der Waals surface area contributed by atoms with Crippen molar-refractivity contribution in [2.75, 3.05) is 28.6 Å². The van der Waals surface area contributed by atoms with Gasteiger partial charge >= 0.3 is 0 Å². The summed E-state index contributed by atoms with van der Waals surface area (Å²) in [4.78, 5) is 23.4. The minimum Gasteiger partial charge on any atom is -0.371 e. The minimum absolute atomic E-state index is 0.147. The molecule has 1 fully saturated rings. The van der Waals surface area contributed by atoms with Crippen molar-refractivity contribution in [3.63, 3.8) is 0 Å². The molecule has 142 valence electrons. The Morgan fingerprint density at radius 1 is 0.964 bits per heavy atom. The largest absolute Gasteiger partial charge is 0.371 e. The summed E-state index contributed by atoms with van der Waals surface area (Å²) in [5, 5.41) is 6.09. The number of rotatable bonds is 5. The van der Waals surface area contributed by atoms with Crippen molar-refractivity contribution < 1.29 is 4.79 Å². The summed E-state index contributed by atoms with van der Waals surface area (Å²) in [6.45, 7) is 4.31. The third-order valence-corrected chi connectivity index (χ3v) is 4.85. The molecular weight excluding hydrogens is 350 g/mol. The van der Waals surface area contributed by atoms with Gasteiger partial charge in [-0.25, -0.2) is 9.97 Å². The van der Waals surface area contributed by atoms with Crippen LogP contribution in [0.5, 0.6) is 0 Å². The van der Waals surface area contributed by atoms with Crippen LogP contribution < -0.4 is 15.5 Å². The van der Waals surface area contributed by atoms with Crippen molar-refractivity contribution in [1.82, 2.24) is 9.97 Å². The number of carbonyl (C=O) groups is 1. The van der Waals surface area contributed by atoms with E-state index in [1.807, 2.05) is 24.3 Å². The topological polar surface area (TPSA) is 70.1 Å². The Bertz CT molecular complexity index is 968. The number of hydrogen-bond acceptors (Lipinski definition) is 5. The number of hydrogen-bond donors (Lipinski definition) is 2. The average molecular weight is 373 g/mol. The van der Waals surface area contributed by atoms with E-state index in [0.29, 0.717) is 11.5 Å². The Labute approximate surface area is 164 Å². The van der Waals surface area contributed by atoms with Crippen LogP contribution in [-0.2, 0) is 0 Å². The van der Waals surface area contributed by atoms with Gasteiger partial charge in [0.25, 0.3) is 5.91 Å². The van der Waals surface area contributed by atoms with Gasteiger partial charge in [0.2, 0.25) is 5.95 Å². The standard InChI is InChI=1S/C22H23N5O/c1-16-14-19(8-9-20(16)27-12-2-3-13-27)25-21(28)17-6-4-7-18(15-17)26-22-23-10-5-11-24-22/h4-11,14-15H,2-3,12-13H2,1H3,(H,25,28)(H,23,24,26). The highest BCUT2D eigenvalue weighted by Gasteiger charge is 2.15. The maximum absolute atomic E-state index is 12.7. The van der Waals surface area contributed by atoms with Crippen LogP contribution in [0.15, 0.2) is 60.9 Å². The van der Waals surface area contributed by atoms with Crippen LogP contribution in [0.2, 0.25) is 0 Å². The molecule has 4 rings (SSSR count). The molecule has 6 nitrogen and oxygen atoms in total. The second-order valence-corrected chi connectivity index (χ2v) is 6.93. The molecule has 1 aromatic heterocycles. The van der Waals surface area contributed by atoms with Crippen LogP contribution in [-0.4, -0.2) is 29.0 Å². The van der Waals surface area contributed by atoms with Crippen molar-refractivity contribution >= 4 is 28.9 Å². The van der Waals surface area contributed by atoms with Gasteiger partial charge in [0.1, 0.15) is 0 Å². The van der Waals surface area contributed by atoms with Crippen LogP contribution in [0, 0.1) is 6.92 Å².